The first-order chi connectivity index (χ1) is 15.7. The average molecular weight is 488 g/mol. The molecule has 0 radical (unpaired) electrons. The van der Waals surface area contributed by atoms with E-state index in [1.807, 2.05) is 45.0 Å². The predicted octanol–water partition coefficient (Wildman–Crippen LogP) is 4.30. The summed E-state index contributed by atoms with van der Waals surface area (Å²) in [5.41, 5.74) is 2.62. The van der Waals surface area contributed by atoms with E-state index < -0.39 is 10.0 Å². The number of carbonyl (C=O) groups excluding carboxylic acids is 1. The van der Waals surface area contributed by atoms with Crippen molar-refractivity contribution in [1.29, 1.82) is 0 Å². The van der Waals surface area contributed by atoms with Gasteiger partial charge in [0.25, 0.3) is 5.91 Å². The van der Waals surface area contributed by atoms with Gasteiger partial charge in [-0.1, -0.05) is 43.7 Å². The Morgan fingerprint density at radius 1 is 1.03 bits per heavy atom. The number of thiazole rings is 1. The number of benzene rings is 2. The van der Waals surface area contributed by atoms with Gasteiger partial charge in [-0.2, -0.15) is 4.31 Å². The molecule has 0 aliphatic rings. The highest BCUT2D eigenvalue weighted by molar-refractivity contribution is 7.89. The van der Waals surface area contributed by atoms with Crippen molar-refractivity contribution >= 4 is 27.3 Å². The summed E-state index contributed by atoms with van der Waals surface area (Å²) in [6, 6.07) is 14.4. The Morgan fingerprint density at radius 2 is 1.67 bits per heavy atom. The number of aromatic nitrogens is 1. The van der Waals surface area contributed by atoms with Gasteiger partial charge in [-0.05, 0) is 43.7 Å². The zero-order valence-corrected chi connectivity index (χ0v) is 20.9. The number of nitrogens with zero attached hydrogens (tertiary/aromatic N) is 2. The summed E-state index contributed by atoms with van der Waals surface area (Å²) in [6.45, 7) is 8.86. The van der Waals surface area contributed by atoms with E-state index in [0.717, 1.165) is 21.9 Å². The number of ether oxygens (including phenoxy) is 1. The van der Waals surface area contributed by atoms with Gasteiger partial charge in [-0.3, -0.25) is 4.79 Å². The molecule has 0 saturated carbocycles. The molecule has 1 amide bonds. The van der Waals surface area contributed by atoms with E-state index in [1.165, 1.54) is 15.6 Å². The topological polar surface area (TPSA) is 88.6 Å². The van der Waals surface area contributed by atoms with Crippen molar-refractivity contribution in [3.63, 3.8) is 0 Å². The number of rotatable bonds is 10. The van der Waals surface area contributed by atoms with Crippen LogP contribution >= 0.6 is 11.3 Å². The first-order valence-corrected chi connectivity index (χ1v) is 13.0. The SMILES string of the molecule is CCN(CC)S(=O)(=O)c1ccc(CNC(=O)c2sc(COc3ccc(C)cc3)nc2C)cc1. The molecule has 0 spiro atoms. The van der Waals surface area contributed by atoms with Crippen LogP contribution in [0.3, 0.4) is 0 Å². The normalized spacial score (nSPS) is 11.5. The first-order valence-electron chi connectivity index (χ1n) is 10.8. The maximum Gasteiger partial charge on any atom is 0.263 e. The van der Waals surface area contributed by atoms with Crippen molar-refractivity contribution in [2.45, 2.75) is 45.7 Å². The fraction of sp³-hybridized carbons (Fsp3) is 0.333. The summed E-state index contributed by atoms with van der Waals surface area (Å²) < 4.78 is 32.4. The van der Waals surface area contributed by atoms with Crippen molar-refractivity contribution in [2.24, 2.45) is 0 Å². The van der Waals surface area contributed by atoms with Crippen LogP contribution in [0.25, 0.3) is 0 Å². The number of amides is 1. The molecule has 0 unspecified atom stereocenters. The summed E-state index contributed by atoms with van der Waals surface area (Å²) >= 11 is 1.31. The number of nitrogens with one attached hydrogen (secondary N) is 1. The van der Waals surface area contributed by atoms with Gasteiger partial charge in [0.15, 0.2) is 0 Å². The molecular weight excluding hydrogens is 458 g/mol. The lowest BCUT2D eigenvalue weighted by atomic mass is 10.2. The summed E-state index contributed by atoms with van der Waals surface area (Å²) in [6.07, 6.45) is 0. The lowest BCUT2D eigenvalue weighted by molar-refractivity contribution is 0.0954. The van der Waals surface area contributed by atoms with E-state index in [2.05, 4.69) is 10.3 Å². The minimum Gasteiger partial charge on any atom is -0.486 e. The molecule has 3 rings (SSSR count). The number of sulfonamides is 1. The predicted molar refractivity (Wildman–Crippen MR) is 130 cm³/mol. The van der Waals surface area contributed by atoms with Crippen LogP contribution in [0.2, 0.25) is 0 Å². The Bertz CT molecular complexity index is 1180. The second-order valence-electron chi connectivity index (χ2n) is 7.54. The zero-order chi connectivity index (χ0) is 24.0. The average Bonchev–Trinajstić information content (AvgIpc) is 3.18. The van der Waals surface area contributed by atoms with Gasteiger partial charge in [0.05, 0.1) is 10.6 Å². The summed E-state index contributed by atoms with van der Waals surface area (Å²) in [5, 5.41) is 3.61. The van der Waals surface area contributed by atoms with E-state index in [-0.39, 0.29) is 17.3 Å². The molecule has 9 heteroatoms. The smallest absolute Gasteiger partial charge is 0.263 e. The monoisotopic (exact) mass is 487 g/mol. The van der Waals surface area contributed by atoms with Crippen LogP contribution < -0.4 is 10.1 Å². The summed E-state index contributed by atoms with van der Waals surface area (Å²) in [7, 11) is -3.50. The number of hydrogen-bond donors (Lipinski definition) is 1. The molecule has 7 nitrogen and oxygen atoms in total. The largest absolute Gasteiger partial charge is 0.486 e. The standard InChI is InChI=1S/C24H29N3O4S2/c1-5-27(6-2)33(29,30)21-13-9-19(10-14-21)15-25-24(28)23-18(4)26-22(32-23)16-31-20-11-7-17(3)8-12-20/h7-14H,5-6,15-16H2,1-4H3,(H,25,28). The summed E-state index contributed by atoms with van der Waals surface area (Å²) in [5.74, 6) is 0.539. The van der Waals surface area contributed by atoms with Crippen LogP contribution in [-0.2, 0) is 23.2 Å². The van der Waals surface area contributed by atoms with Gasteiger partial charge in [0.2, 0.25) is 10.0 Å². The highest BCUT2D eigenvalue weighted by Gasteiger charge is 2.21. The molecule has 0 aliphatic carbocycles. The van der Waals surface area contributed by atoms with Crippen LogP contribution in [0.5, 0.6) is 5.75 Å². The molecule has 0 aliphatic heterocycles. The van der Waals surface area contributed by atoms with Crippen LogP contribution in [0, 0.1) is 13.8 Å². The van der Waals surface area contributed by atoms with Crippen LogP contribution in [-0.4, -0.2) is 36.7 Å². The van der Waals surface area contributed by atoms with Crippen molar-refractivity contribution in [3.05, 3.63) is 75.2 Å². The fourth-order valence-electron chi connectivity index (χ4n) is 3.26. The third-order valence-corrected chi connectivity index (χ3v) is 8.34. The van der Waals surface area contributed by atoms with Gasteiger partial charge >= 0.3 is 0 Å². The molecular formula is C24H29N3O4S2. The summed E-state index contributed by atoms with van der Waals surface area (Å²) in [4.78, 5) is 17.9. The molecule has 2 aromatic carbocycles. The van der Waals surface area contributed by atoms with Crippen molar-refractivity contribution in [3.8, 4) is 5.75 Å². The van der Waals surface area contributed by atoms with E-state index in [4.69, 9.17) is 4.74 Å². The molecule has 0 bridgehead atoms. The zero-order valence-electron chi connectivity index (χ0n) is 19.3. The Labute approximate surface area is 199 Å². The minimum absolute atomic E-state index is 0.216. The Morgan fingerprint density at radius 3 is 2.27 bits per heavy atom. The maximum atomic E-state index is 12.7. The molecule has 1 N–H and O–H groups in total. The van der Waals surface area contributed by atoms with Crippen LogP contribution in [0.4, 0.5) is 0 Å². The first kappa shape index (κ1) is 24.9. The van der Waals surface area contributed by atoms with Crippen molar-refractivity contribution in [2.75, 3.05) is 13.1 Å². The van der Waals surface area contributed by atoms with Gasteiger partial charge in [0, 0.05) is 19.6 Å². The van der Waals surface area contributed by atoms with E-state index in [0.29, 0.717) is 30.3 Å². The van der Waals surface area contributed by atoms with Gasteiger partial charge in [-0.25, -0.2) is 13.4 Å². The van der Waals surface area contributed by atoms with Crippen molar-refractivity contribution < 1.29 is 17.9 Å². The van der Waals surface area contributed by atoms with Gasteiger partial charge < -0.3 is 10.1 Å². The second kappa shape index (κ2) is 10.9. The molecule has 0 fully saturated rings. The highest BCUT2D eigenvalue weighted by Crippen LogP contribution is 2.21. The van der Waals surface area contributed by atoms with Gasteiger partial charge in [-0.15, -0.1) is 11.3 Å². The third-order valence-electron chi connectivity index (χ3n) is 5.15. The lowest BCUT2D eigenvalue weighted by Crippen LogP contribution is -2.30. The minimum atomic E-state index is -3.50. The highest BCUT2D eigenvalue weighted by atomic mass is 32.2. The number of carbonyl (C=O) groups is 1. The Hall–Kier alpha value is -2.75. The van der Waals surface area contributed by atoms with Crippen LogP contribution in [0.15, 0.2) is 53.4 Å². The Kier molecular flexibility index (Phi) is 8.23. The van der Waals surface area contributed by atoms with Crippen molar-refractivity contribution in [1.82, 2.24) is 14.6 Å². The molecule has 0 saturated heterocycles. The maximum absolute atomic E-state index is 12.7. The van der Waals surface area contributed by atoms with E-state index in [9.17, 15) is 13.2 Å². The van der Waals surface area contributed by atoms with E-state index >= 15 is 0 Å². The number of hydrogen-bond acceptors (Lipinski definition) is 6. The molecule has 1 aromatic heterocycles. The third kappa shape index (κ3) is 6.19. The van der Waals surface area contributed by atoms with Crippen LogP contribution in [0.1, 0.15) is 45.3 Å². The quantitative estimate of drug-likeness (QED) is 0.461. The molecule has 176 valence electrons. The molecule has 3 aromatic rings. The Balaban J connectivity index is 1.59. The second-order valence-corrected chi connectivity index (χ2v) is 10.6. The van der Waals surface area contributed by atoms with E-state index in [1.54, 1.807) is 31.2 Å². The molecule has 33 heavy (non-hydrogen) atoms. The van der Waals surface area contributed by atoms with Gasteiger partial charge in [0.1, 0.15) is 22.2 Å². The molecule has 1 heterocycles. The molecule has 0 atom stereocenters. The fourth-order valence-corrected chi connectivity index (χ4v) is 5.61. The number of aryl methyl sites for hydroxylation is 2. The lowest BCUT2D eigenvalue weighted by Gasteiger charge is -2.18.